The molecule has 0 bridgehead atoms. The highest BCUT2D eigenvalue weighted by molar-refractivity contribution is 5.78. The average Bonchev–Trinajstić information content (AvgIpc) is 3.25. The zero-order valence-electron chi connectivity index (χ0n) is 16.2. The van der Waals surface area contributed by atoms with Gasteiger partial charge in [-0.2, -0.15) is 5.26 Å². The van der Waals surface area contributed by atoms with Gasteiger partial charge >= 0.3 is 0 Å². The number of amides is 1. The third-order valence-electron chi connectivity index (χ3n) is 4.93. The maximum atomic E-state index is 12.8. The van der Waals surface area contributed by atoms with E-state index < -0.39 is 0 Å². The van der Waals surface area contributed by atoms with Crippen LogP contribution in [0.15, 0.2) is 47.1 Å². The summed E-state index contributed by atoms with van der Waals surface area (Å²) in [7, 11) is 1.68. The number of carbonyl (C=O) groups is 1. The van der Waals surface area contributed by atoms with Crippen LogP contribution in [0.25, 0.3) is 0 Å². The monoisotopic (exact) mass is 382 g/mol. The van der Waals surface area contributed by atoms with Gasteiger partial charge in [-0.05, 0) is 24.3 Å². The molecule has 1 aliphatic rings. The Morgan fingerprint density at radius 2 is 2.00 bits per heavy atom. The zero-order chi connectivity index (χ0) is 19.8. The molecule has 1 saturated heterocycles. The second-order valence-corrected chi connectivity index (χ2v) is 6.74. The molecule has 7 heteroatoms. The smallest absolute Gasteiger partial charge is 0.237 e. The normalized spacial score (nSPS) is 14.5. The van der Waals surface area contributed by atoms with Crippen LogP contribution in [0.4, 0.5) is 5.69 Å². The molecule has 0 saturated carbocycles. The SMILES string of the molecule is COc1ccccc1N1CCN(CC(=O)N(CCC#N)Cc2ccco2)CC1. The van der Waals surface area contributed by atoms with E-state index in [2.05, 4.69) is 21.9 Å². The molecule has 1 fully saturated rings. The Bertz CT molecular complexity index is 792. The molecule has 1 aliphatic heterocycles. The third-order valence-corrected chi connectivity index (χ3v) is 4.93. The van der Waals surface area contributed by atoms with E-state index in [0.717, 1.165) is 43.4 Å². The minimum atomic E-state index is 0.0254. The van der Waals surface area contributed by atoms with Gasteiger partial charge in [0.25, 0.3) is 0 Å². The Kier molecular flexibility index (Phi) is 6.93. The number of para-hydroxylation sites is 2. The van der Waals surface area contributed by atoms with Crippen molar-refractivity contribution in [3.8, 4) is 11.8 Å². The molecule has 3 rings (SSSR count). The highest BCUT2D eigenvalue weighted by Crippen LogP contribution is 2.28. The number of anilines is 1. The molecule has 0 atom stereocenters. The Labute approximate surface area is 165 Å². The van der Waals surface area contributed by atoms with Crippen molar-refractivity contribution in [2.75, 3.05) is 51.3 Å². The first-order valence-electron chi connectivity index (χ1n) is 9.48. The predicted octanol–water partition coefficient (Wildman–Crippen LogP) is 2.35. The summed E-state index contributed by atoms with van der Waals surface area (Å²) < 4.78 is 10.8. The number of furan rings is 1. The molecule has 0 radical (unpaired) electrons. The molecule has 2 aromatic rings. The van der Waals surface area contributed by atoms with Gasteiger partial charge in [0.1, 0.15) is 11.5 Å². The number of methoxy groups -OCH3 is 1. The van der Waals surface area contributed by atoms with Gasteiger partial charge in [-0.15, -0.1) is 0 Å². The quantitative estimate of drug-likeness (QED) is 0.698. The minimum Gasteiger partial charge on any atom is -0.495 e. The highest BCUT2D eigenvalue weighted by Gasteiger charge is 2.23. The summed E-state index contributed by atoms with van der Waals surface area (Å²) in [5.74, 6) is 1.62. The van der Waals surface area contributed by atoms with E-state index in [1.54, 1.807) is 24.3 Å². The Morgan fingerprint density at radius 1 is 1.21 bits per heavy atom. The van der Waals surface area contributed by atoms with Crippen LogP contribution in [-0.4, -0.2) is 62.1 Å². The first-order valence-corrected chi connectivity index (χ1v) is 9.48. The topological polar surface area (TPSA) is 73.0 Å². The molecule has 28 heavy (non-hydrogen) atoms. The standard InChI is InChI=1S/C21H26N4O3/c1-27-20-8-3-2-7-19(20)24-13-11-23(12-14-24)17-21(26)25(10-5-9-22)16-18-6-4-15-28-18/h2-4,6-8,15H,5,10-14,16-17H2,1H3. The van der Waals surface area contributed by atoms with Crippen molar-refractivity contribution in [3.05, 3.63) is 48.4 Å². The summed E-state index contributed by atoms with van der Waals surface area (Å²) in [6.07, 6.45) is 1.91. The van der Waals surface area contributed by atoms with E-state index >= 15 is 0 Å². The van der Waals surface area contributed by atoms with Gasteiger partial charge in [0.2, 0.25) is 5.91 Å². The van der Waals surface area contributed by atoms with Crippen LogP contribution >= 0.6 is 0 Å². The van der Waals surface area contributed by atoms with Crippen LogP contribution < -0.4 is 9.64 Å². The summed E-state index contributed by atoms with van der Waals surface area (Å²) in [4.78, 5) is 18.9. The van der Waals surface area contributed by atoms with Crippen LogP contribution in [0.2, 0.25) is 0 Å². The van der Waals surface area contributed by atoms with Crippen molar-refractivity contribution < 1.29 is 13.9 Å². The molecule has 1 aromatic heterocycles. The van der Waals surface area contributed by atoms with Gasteiger partial charge in [0, 0.05) is 32.7 Å². The first-order chi connectivity index (χ1) is 13.7. The van der Waals surface area contributed by atoms with Crippen LogP contribution in [-0.2, 0) is 11.3 Å². The van der Waals surface area contributed by atoms with E-state index in [-0.39, 0.29) is 5.91 Å². The number of hydrogen-bond acceptors (Lipinski definition) is 6. The molecule has 0 N–H and O–H groups in total. The molecule has 1 amide bonds. The zero-order valence-corrected chi connectivity index (χ0v) is 16.2. The summed E-state index contributed by atoms with van der Waals surface area (Å²) >= 11 is 0. The fourth-order valence-electron chi connectivity index (χ4n) is 3.40. The van der Waals surface area contributed by atoms with Crippen LogP contribution in [0.1, 0.15) is 12.2 Å². The summed E-state index contributed by atoms with van der Waals surface area (Å²) in [6, 6.07) is 13.8. The minimum absolute atomic E-state index is 0.0254. The number of nitriles is 1. The summed E-state index contributed by atoms with van der Waals surface area (Å²) in [6.45, 7) is 4.44. The lowest BCUT2D eigenvalue weighted by molar-refractivity contribution is -0.133. The summed E-state index contributed by atoms with van der Waals surface area (Å²) in [5, 5.41) is 8.89. The Hall–Kier alpha value is -2.98. The van der Waals surface area contributed by atoms with Gasteiger partial charge < -0.3 is 19.0 Å². The number of ether oxygens (including phenoxy) is 1. The number of rotatable bonds is 8. The van der Waals surface area contributed by atoms with E-state index in [4.69, 9.17) is 14.4 Å². The maximum Gasteiger partial charge on any atom is 0.237 e. The van der Waals surface area contributed by atoms with Gasteiger partial charge in [0.05, 0.1) is 44.6 Å². The largest absolute Gasteiger partial charge is 0.495 e. The predicted molar refractivity (Wildman–Crippen MR) is 106 cm³/mol. The molecular formula is C21H26N4O3. The van der Waals surface area contributed by atoms with Crippen molar-refractivity contribution in [2.24, 2.45) is 0 Å². The average molecular weight is 382 g/mol. The van der Waals surface area contributed by atoms with E-state index in [9.17, 15) is 4.79 Å². The second kappa shape index (κ2) is 9.81. The van der Waals surface area contributed by atoms with E-state index in [1.165, 1.54) is 0 Å². The number of piperazine rings is 1. The van der Waals surface area contributed by atoms with Gasteiger partial charge in [-0.3, -0.25) is 9.69 Å². The second-order valence-electron chi connectivity index (χ2n) is 6.74. The molecule has 7 nitrogen and oxygen atoms in total. The number of benzene rings is 1. The molecule has 148 valence electrons. The lowest BCUT2D eigenvalue weighted by atomic mass is 10.2. The van der Waals surface area contributed by atoms with Gasteiger partial charge in [-0.1, -0.05) is 12.1 Å². The number of carbonyl (C=O) groups excluding carboxylic acids is 1. The van der Waals surface area contributed by atoms with E-state index in [0.29, 0.717) is 26.1 Å². The first kappa shape index (κ1) is 19.8. The highest BCUT2D eigenvalue weighted by atomic mass is 16.5. The lowest BCUT2D eigenvalue weighted by Gasteiger charge is -2.37. The molecule has 0 aliphatic carbocycles. The summed E-state index contributed by atoms with van der Waals surface area (Å²) in [5.41, 5.74) is 1.09. The molecule has 2 heterocycles. The number of nitrogens with zero attached hydrogens (tertiary/aromatic N) is 4. The van der Waals surface area contributed by atoms with Crippen LogP contribution in [0.5, 0.6) is 5.75 Å². The molecule has 0 spiro atoms. The van der Waals surface area contributed by atoms with Crippen molar-refractivity contribution in [1.29, 1.82) is 5.26 Å². The number of hydrogen-bond donors (Lipinski definition) is 0. The van der Waals surface area contributed by atoms with Crippen LogP contribution in [0, 0.1) is 11.3 Å². The maximum absolute atomic E-state index is 12.8. The third kappa shape index (κ3) is 5.05. The van der Waals surface area contributed by atoms with Crippen molar-refractivity contribution in [2.45, 2.75) is 13.0 Å². The van der Waals surface area contributed by atoms with Crippen molar-refractivity contribution in [1.82, 2.24) is 9.80 Å². The van der Waals surface area contributed by atoms with Crippen molar-refractivity contribution in [3.63, 3.8) is 0 Å². The Balaban J connectivity index is 1.55. The fourth-order valence-corrected chi connectivity index (χ4v) is 3.40. The van der Waals surface area contributed by atoms with Crippen LogP contribution in [0.3, 0.4) is 0 Å². The van der Waals surface area contributed by atoms with Gasteiger partial charge in [-0.25, -0.2) is 0 Å². The molecule has 1 aromatic carbocycles. The van der Waals surface area contributed by atoms with Crippen molar-refractivity contribution >= 4 is 11.6 Å². The fraction of sp³-hybridized carbons (Fsp3) is 0.429. The molecule has 0 unspecified atom stereocenters. The van der Waals surface area contributed by atoms with E-state index in [1.807, 2.05) is 24.3 Å². The molecular weight excluding hydrogens is 356 g/mol. The lowest BCUT2D eigenvalue weighted by Crippen LogP contribution is -2.50. The Morgan fingerprint density at radius 3 is 2.68 bits per heavy atom. The van der Waals surface area contributed by atoms with Gasteiger partial charge in [0.15, 0.2) is 0 Å².